The van der Waals surface area contributed by atoms with Gasteiger partial charge in [-0.3, -0.25) is 0 Å². The monoisotopic (exact) mass is 306 g/mol. The molecule has 0 spiro atoms. The SMILES string of the molecule is CCC1CCC(CNC)C(c2cnc(C(F)(F)F)s2)C1. The summed E-state index contributed by atoms with van der Waals surface area (Å²) in [4.78, 5) is 4.38. The highest BCUT2D eigenvalue weighted by Gasteiger charge is 2.37. The van der Waals surface area contributed by atoms with Gasteiger partial charge < -0.3 is 5.32 Å². The zero-order chi connectivity index (χ0) is 14.8. The smallest absolute Gasteiger partial charge is 0.319 e. The van der Waals surface area contributed by atoms with Crippen LogP contribution in [0.4, 0.5) is 13.2 Å². The summed E-state index contributed by atoms with van der Waals surface area (Å²) in [7, 11) is 1.90. The van der Waals surface area contributed by atoms with Crippen LogP contribution in [0.1, 0.15) is 48.4 Å². The maximum atomic E-state index is 12.7. The molecule has 1 aromatic heterocycles. The Bertz CT molecular complexity index is 430. The van der Waals surface area contributed by atoms with Crippen molar-refractivity contribution >= 4 is 11.3 Å². The van der Waals surface area contributed by atoms with Crippen LogP contribution in [0.2, 0.25) is 0 Å². The van der Waals surface area contributed by atoms with Crippen LogP contribution in [-0.2, 0) is 6.18 Å². The van der Waals surface area contributed by atoms with Gasteiger partial charge in [0.1, 0.15) is 0 Å². The molecule has 0 aromatic carbocycles. The van der Waals surface area contributed by atoms with E-state index in [9.17, 15) is 13.2 Å². The van der Waals surface area contributed by atoms with E-state index in [1.165, 1.54) is 12.6 Å². The zero-order valence-corrected chi connectivity index (χ0v) is 12.7. The Hall–Kier alpha value is -0.620. The molecule has 1 aromatic rings. The summed E-state index contributed by atoms with van der Waals surface area (Å²) >= 11 is 0.825. The second kappa shape index (κ2) is 6.43. The van der Waals surface area contributed by atoms with Crippen molar-refractivity contribution < 1.29 is 13.2 Å². The Morgan fingerprint density at radius 2 is 2.15 bits per heavy atom. The van der Waals surface area contributed by atoms with Gasteiger partial charge in [0.2, 0.25) is 0 Å². The maximum absolute atomic E-state index is 12.7. The van der Waals surface area contributed by atoms with Gasteiger partial charge in [0.15, 0.2) is 5.01 Å². The Morgan fingerprint density at radius 1 is 1.40 bits per heavy atom. The fourth-order valence-electron chi connectivity index (χ4n) is 3.14. The van der Waals surface area contributed by atoms with E-state index in [4.69, 9.17) is 0 Å². The lowest BCUT2D eigenvalue weighted by atomic mass is 9.72. The van der Waals surface area contributed by atoms with Crippen molar-refractivity contribution in [2.45, 2.75) is 44.7 Å². The predicted molar refractivity (Wildman–Crippen MR) is 74.9 cm³/mol. The Kier molecular flexibility index (Phi) is 5.07. The van der Waals surface area contributed by atoms with Crippen LogP contribution >= 0.6 is 11.3 Å². The number of rotatable bonds is 4. The summed E-state index contributed by atoms with van der Waals surface area (Å²) in [5.41, 5.74) is 0. The number of thiazole rings is 1. The third kappa shape index (κ3) is 3.52. The molecule has 1 aliphatic carbocycles. The summed E-state index contributed by atoms with van der Waals surface area (Å²) in [6.07, 6.45) is 1.49. The van der Waals surface area contributed by atoms with Gasteiger partial charge in [0.05, 0.1) is 0 Å². The molecule has 0 amide bonds. The van der Waals surface area contributed by atoms with E-state index in [-0.39, 0.29) is 5.92 Å². The highest BCUT2D eigenvalue weighted by Crippen LogP contribution is 2.44. The van der Waals surface area contributed by atoms with Crippen LogP contribution in [0, 0.1) is 11.8 Å². The fraction of sp³-hybridized carbons (Fsp3) is 0.786. The molecule has 20 heavy (non-hydrogen) atoms. The second-order valence-electron chi connectivity index (χ2n) is 5.58. The summed E-state index contributed by atoms with van der Waals surface area (Å²) in [5, 5.41) is 2.46. The standard InChI is InChI=1S/C14H21F3N2S/c1-3-9-4-5-10(7-18-2)11(6-9)12-8-19-13(20-12)14(15,16)17/h8-11,18H,3-7H2,1-2H3. The van der Waals surface area contributed by atoms with E-state index in [2.05, 4.69) is 17.2 Å². The number of nitrogens with one attached hydrogen (secondary N) is 1. The van der Waals surface area contributed by atoms with Crippen LogP contribution in [-0.4, -0.2) is 18.6 Å². The summed E-state index contributed by atoms with van der Waals surface area (Å²) < 4.78 is 38.1. The Labute approximate surface area is 121 Å². The van der Waals surface area contributed by atoms with Crippen LogP contribution in [0.3, 0.4) is 0 Å². The molecular formula is C14H21F3N2S. The summed E-state index contributed by atoms with van der Waals surface area (Å²) in [5.74, 6) is 1.27. The van der Waals surface area contributed by atoms with Crippen LogP contribution in [0.25, 0.3) is 0 Å². The van der Waals surface area contributed by atoms with Crippen LogP contribution in [0.15, 0.2) is 6.20 Å². The van der Waals surface area contributed by atoms with Gasteiger partial charge in [-0.15, -0.1) is 11.3 Å². The summed E-state index contributed by atoms with van der Waals surface area (Å²) in [6.45, 7) is 3.02. The first-order valence-electron chi connectivity index (χ1n) is 7.13. The van der Waals surface area contributed by atoms with Gasteiger partial charge in [-0.05, 0) is 44.2 Å². The molecule has 0 saturated heterocycles. The van der Waals surface area contributed by atoms with Crippen molar-refractivity contribution in [2.75, 3.05) is 13.6 Å². The van der Waals surface area contributed by atoms with Crippen molar-refractivity contribution in [3.63, 3.8) is 0 Å². The van der Waals surface area contributed by atoms with Crippen molar-refractivity contribution in [3.8, 4) is 0 Å². The quantitative estimate of drug-likeness (QED) is 0.897. The van der Waals surface area contributed by atoms with Gasteiger partial charge in [-0.25, -0.2) is 4.98 Å². The number of aromatic nitrogens is 1. The van der Waals surface area contributed by atoms with E-state index in [0.717, 1.165) is 42.0 Å². The van der Waals surface area contributed by atoms with Crippen molar-refractivity contribution in [1.29, 1.82) is 0 Å². The predicted octanol–water partition coefficient (Wildman–Crippen LogP) is 4.29. The lowest BCUT2D eigenvalue weighted by Gasteiger charge is -2.35. The molecule has 114 valence electrons. The Morgan fingerprint density at radius 3 is 2.70 bits per heavy atom. The molecule has 6 heteroatoms. The van der Waals surface area contributed by atoms with E-state index in [1.54, 1.807) is 0 Å². The second-order valence-corrected chi connectivity index (χ2v) is 6.64. The maximum Gasteiger partial charge on any atom is 0.443 e. The molecule has 1 saturated carbocycles. The highest BCUT2D eigenvalue weighted by molar-refractivity contribution is 7.11. The number of hydrogen-bond donors (Lipinski definition) is 1. The summed E-state index contributed by atoms with van der Waals surface area (Å²) in [6, 6.07) is 0. The number of alkyl halides is 3. The molecular weight excluding hydrogens is 285 g/mol. The molecule has 1 heterocycles. The lowest BCUT2D eigenvalue weighted by molar-refractivity contribution is -0.137. The van der Waals surface area contributed by atoms with E-state index >= 15 is 0 Å². The molecule has 1 N–H and O–H groups in total. The molecule has 2 nitrogen and oxygen atoms in total. The van der Waals surface area contributed by atoms with Gasteiger partial charge in [0.25, 0.3) is 0 Å². The topological polar surface area (TPSA) is 24.9 Å². The third-order valence-corrected chi connectivity index (χ3v) is 5.45. The molecule has 2 rings (SSSR count). The van der Waals surface area contributed by atoms with Crippen molar-refractivity contribution in [2.24, 2.45) is 11.8 Å². The number of hydrogen-bond acceptors (Lipinski definition) is 3. The number of halogens is 3. The van der Waals surface area contributed by atoms with Crippen LogP contribution in [0.5, 0.6) is 0 Å². The van der Waals surface area contributed by atoms with Crippen LogP contribution < -0.4 is 5.32 Å². The highest BCUT2D eigenvalue weighted by atomic mass is 32.1. The van der Waals surface area contributed by atoms with Gasteiger partial charge in [0, 0.05) is 11.1 Å². The molecule has 3 unspecified atom stereocenters. The number of nitrogens with zero attached hydrogens (tertiary/aromatic N) is 1. The van der Waals surface area contributed by atoms with Gasteiger partial charge >= 0.3 is 6.18 Å². The molecule has 0 radical (unpaired) electrons. The van der Waals surface area contributed by atoms with E-state index in [1.807, 2.05) is 7.05 Å². The minimum atomic E-state index is -4.32. The zero-order valence-electron chi connectivity index (χ0n) is 11.8. The first-order valence-corrected chi connectivity index (χ1v) is 7.94. The molecule has 1 fully saturated rings. The van der Waals surface area contributed by atoms with Crippen molar-refractivity contribution in [1.82, 2.24) is 10.3 Å². The molecule has 0 aliphatic heterocycles. The molecule has 0 bridgehead atoms. The molecule has 3 atom stereocenters. The first-order chi connectivity index (χ1) is 9.45. The van der Waals surface area contributed by atoms with E-state index in [0.29, 0.717) is 11.8 Å². The van der Waals surface area contributed by atoms with E-state index < -0.39 is 11.2 Å². The fourth-order valence-corrected chi connectivity index (χ4v) is 4.13. The van der Waals surface area contributed by atoms with Gasteiger partial charge in [-0.1, -0.05) is 19.8 Å². The molecule has 1 aliphatic rings. The lowest BCUT2D eigenvalue weighted by Crippen LogP contribution is -2.30. The normalized spacial score (nSPS) is 27.8. The first kappa shape index (κ1) is 15.8. The minimum Gasteiger partial charge on any atom is -0.319 e. The average molecular weight is 306 g/mol. The minimum absolute atomic E-state index is 0.217. The van der Waals surface area contributed by atoms with Gasteiger partial charge in [-0.2, -0.15) is 13.2 Å². The average Bonchev–Trinajstić information content (AvgIpc) is 2.89. The third-order valence-electron chi connectivity index (χ3n) is 4.28. The Balaban J connectivity index is 2.19. The largest absolute Gasteiger partial charge is 0.443 e. The van der Waals surface area contributed by atoms with Crippen molar-refractivity contribution in [3.05, 3.63) is 16.1 Å².